The number of halogens is 2. The fourth-order valence-electron chi connectivity index (χ4n) is 0. The monoisotopic (exact) mass is 174 g/mol. The van der Waals surface area contributed by atoms with Crippen molar-refractivity contribution in [2.45, 2.75) is 0 Å². The molecule has 0 aliphatic heterocycles. The molecule has 0 aliphatic rings. The first-order valence-electron chi connectivity index (χ1n) is 1.79. The molecule has 0 rings (SSSR count). The summed E-state index contributed by atoms with van der Waals surface area (Å²) in [4.78, 5) is 0. The van der Waals surface area contributed by atoms with Gasteiger partial charge in [0.25, 0.3) is 0 Å². The van der Waals surface area contributed by atoms with Crippen LogP contribution in [0.1, 0.15) is 0 Å². The van der Waals surface area contributed by atoms with Crippen molar-refractivity contribution in [1.29, 1.82) is 0 Å². The van der Waals surface area contributed by atoms with E-state index in [1.807, 2.05) is 0 Å². The summed E-state index contributed by atoms with van der Waals surface area (Å²) in [7, 11) is 7.00. The molecule has 0 amide bonds. The quantitative estimate of drug-likeness (QED) is 0.330. The van der Waals surface area contributed by atoms with E-state index in [1.165, 1.54) is 0 Å². The molecule has 0 saturated carbocycles. The molecule has 0 aromatic rings. The molecule has 0 aromatic carbocycles. The summed E-state index contributed by atoms with van der Waals surface area (Å²) >= 11 is 0. The minimum absolute atomic E-state index is 0. The second-order valence-electron chi connectivity index (χ2n) is 0.894. The maximum absolute atomic E-state index is 3.50. The predicted molar refractivity (Wildman–Crippen MR) is 30.4 cm³/mol. The van der Waals surface area contributed by atoms with Crippen molar-refractivity contribution < 1.29 is 31.1 Å². The molecule has 0 aromatic heterocycles. The fourth-order valence-corrected chi connectivity index (χ4v) is 0. The molecule has 0 radical (unpaired) electrons. The predicted octanol–water partition coefficient (Wildman–Crippen LogP) is -4.76. The molecule has 0 fully saturated rings. The second kappa shape index (κ2) is 76.7. The van der Waals surface area contributed by atoms with Crippen LogP contribution in [0.3, 0.4) is 0 Å². The van der Waals surface area contributed by atoms with Gasteiger partial charge in [0.15, 0.2) is 0 Å². The summed E-state index contributed by atoms with van der Waals surface area (Å²) in [6, 6.07) is 0. The maximum atomic E-state index is 3.50. The van der Waals surface area contributed by atoms with E-state index in [-0.39, 0.29) is 31.1 Å². The minimum atomic E-state index is 0. The second-order valence-corrected chi connectivity index (χ2v) is 0.894. The van der Waals surface area contributed by atoms with Crippen molar-refractivity contribution in [3.8, 4) is 0 Å². The zero-order valence-electron chi connectivity index (χ0n) is 6.15. The Morgan fingerprint density at radius 2 is 0.667 bits per heavy atom. The number of hydrogen-bond acceptors (Lipinski definition) is 0. The number of nitrogens with zero attached hydrogens (tertiary/aromatic N) is 2. The van der Waals surface area contributed by atoms with Crippen LogP contribution in [0.4, 0.5) is 0 Å². The zero-order valence-corrected chi connectivity index (χ0v) is 7.71. The molecule has 0 unspecified atom stereocenters. The van der Waals surface area contributed by atoms with Gasteiger partial charge in [-0.2, -0.15) is 28.2 Å². The van der Waals surface area contributed by atoms with Gasteiger partial charge in [0.1, 0.15) is 0 Å². The normalized spacial score (nSPS) is 4.00. The van der Waals surface area contributed by atoms with Crippen LogP contribution in [0.2, 0.25) is 0 Å². The molecule has 0 aliphatic carbocycles. The third-order valence-corrected chi connectivity index (χ3v) is 0. The Hall–Kier alpha value is 0.494. The van der Waals surface area contributed by atoms with Crippen LogP contribution in [0.5, 0.6) is 0 Å². The van der Waals surface area contributed by atoms with Gasteiger partial charge in [-0.15, -0.1) is 0 Å². The summed E-state index contributed by atoms with van der Waals surface area (Å²) in [6.07, 6.45) is 0. The smallest absolute Gasteiger partial charge is 1.00 e. The Balaban J connectivity index is -0.00000000889. The fraction of sp³-hybridized carbons (Fsp3) is 1.00. The van der Waals surface area contributed by atoms with Gasteiger partial charge in [0.05, 0.1) is 0 Å². The van der Waals surface area contributed by atoms with Gasteiger partial charge >= 0.3 is 21.7 Å². The molecule has 0 spiro atoms. The first-order chi connectivity index (χ1) is 2.83. The van der Waals surface area contributed by atoms with Crippen molar-refractivity contribution in [3.05, 3.63) is 10.6 Å². The van der Waals surface area contributed by atoms with E-state index < -0.39 is 0 Å². The average Bonchev–Trinajstić information content (AvgIpc) is 1.39. The van der Waals surface area contributed by atoms with Crippen molar-refractivity contribution in [2.24, 2.45) is 0 Å². The molecule has 0 heterocycles. The Kier molecular flexibility index (Phi) is 289. The van der Waals surface area contributed by atoms with Gasteiger partial charge < -0.3 is 20.0 Å². The van der Waals surface area contributed by atoms with Gasteiger partial charge in [-0.1, -0.05) is 0 Å². The van der Waals surface area contributed by atoms with Crippen molar-refractivity contribution >= 4 is 0 Å². The van der Waals surface area contributed by atoms with Gasteiger partial charge in [0.2, 0.25) is 0 Å². The van der Waals surface area contributed by atoms with E-state index in [2.05, 4.69) is 10.6 Å². The van der Waals surface area contributed by atoms with Gasteiger partial charge in [-0.25, -0.2) is 0 Å². The topological polar surface area (TPSA) is 28.2 Å². The molecule has 2 nitrogen and oxygen atoms in total. The van der Waals surface area contributed by atoms with Gasteiger partial charge in [0, 0.05) is 0 Å². The van der Waals surface area contributed by atoms with E-state index in [9.17, 15) is 0 Å². The number of hydrogen-bond donors (Lipinski definition) is 0. The molecule has 0 atom stereocenters. The van der Waals surface area contributed by atoms with Crippen LogP contribution in [-0.4, -0.2) is 28.2 Å². The molecule has 5 heteroatoms. The molecular weight excluding hydrogens is 162 g/mol. The SMILES string of the molecule is C[N-]C.C[N-]C.[F-].[F-].[Ti+4]. The zero-order chi connectivity index (χ0) is 5.41. The Labute approximate surface area is 70.4 Å². The van der Waals surface area contributed by atoms with E-state index >= 15 is 0 Å². The summed E-state index contributed by atoms with van der Waals surface area (Å²) in [5.41, 5.74) is 0. The molecule has 0 bridgehead atoms. The van der Waals surface area contributed by atoms with E-state index in [0.29, 0.717) is 0 Å². The van der Waals surface area contributed by atoms with E-state index in [0.717, 1.165) is 0 Å². The number of rotatable bonds is 0. The van der Waals surface area contributed by atoms with Crippen molar-refractivity contribution in [1.82, 2.24) is 0 Å². The Morgan fingerprint density at radius 1 is 0.667 bits per heavy atom. The van der Waals surface area contributed by atoms with Crippen molar-refractivity contribution in [3.63, 3.8) is 0 Å². The van der Waals surface area contributed by atoms with E-state index in [1.54, 1.807) is 28.2 Å². The maximum Gasteiger partial charge on any atom is 4.00 e. The molecular formula is C4H12F2N2Ti. The first-order valence-corrected chi connectivity index (χ1v) is 1.79. The van der Waals surface area contributed by atoms with Crippen LogP contribution in [0, 0.1) is 0 Å². The van der Waals surface area contributed by atoms with Crippen LogP contribution in [0.25, 0.3) is 10.6 Å². The Morgan fingerprint density at radius 3 is 0.667 bits per heavy atom. The van der Waals surface area contributed by atoms with Crippen LogP contribution < -0.4 is 9.41 Å². The molecule has 9 heavy (non-hydrogen) atoms. The third-order valence-electron chi connectivity index (χ3n) is 0. The molecule has 0 saturated heterocycles. The molecule has 56 valence electrons. The average molecular weight is 174 g/mol. The summed E-state index contributed by atoms with van der Waals surface area (Å²) in [5.74, 6) is 0. The summed E-state index contributed by atoms with van der Waals surface area (Å²) < 4.78 is 0. The molecule has 0 N–H and O–H groups in total. The Bertz CT molecular complexity index is 18.5. The van der Waals surface area contributed by atoms with Crippen LogP contribution in [0.15, 0.2) is 0 Å². The van der Waals surface area contributed by atoms with Gasteiger partial charge in [-0.3, -0.25) is 0 Å². The summed E-state index contributed by atoms with van der Waals surface area (Å²) in [5, 5.41) is 7.00. The van der Waals surface area contributed by atoms with Crippen LogP contribution in [-0.2, 0) is 21.7 Å². The van der Waals surface area contributed by atoms with Crippen molar-refractivity contribution in [2.75, 3.05) is 28.2 Å². The third kappa shape index (κ3) is 1470. The van der Waals surface area contributed by atoms with Crippen LogP contribution >= 0.6 is 0 Å². The first kappa shape index (κ1) is 33.9. The van der Waals surface area contributed by atoms with E-state index in [4.69, 9.17) is 0 Å². The van der Waals surface area contributed by atoms with Gasteiger partial charge in [-0.05, 0) is 0 Å². The minimum Gasteiger partial charge on any atom is -1.00 e. The summed E-state index contributed by atoms with van der Waals surface area (Å²) in [6.45, 7) is 0. The standard InChI is InChI=1S/2C2H6N.2FH.Ti/c2*1-3-2;;;/h2*1-2H3;2*1H;/q2*-1;;;+4/p-2. The largest absolute Gasteiger partial charge is 4.00 e.